The maximum atomic E-state index is 5.88. The first-order valence-electron chi connectivity index (χ1n) is 9.37. The largest absolute Gasteiger partial charge is 0.399 e. The second-order valence-electron chi connectivity index (χ2n) is 7.35. The van der Waals surface area contributed by atoms with Crippen LogP contribution in [0.4, 0.5) is 5.69 Å². The molecule has 2 aromatic rings. The number of nitrogen functional groups attached to an aromatic ring is 1. The molecule has 0 spiro atoms. The van der Waals surface area contributed by atoms with Crippen LogP contribution in [0.15, 0.2) is 30.3 Å². The summed E-state index contributed by atoms with van der Waals surface area (Å²) in [6.07, 6.45) is 9.06. The Morgan fingerprint density at radius 3 is 2.42 bits per heavy atom. The minimum atomic E-state index is 0.836. The average Bonchev–Trinajstić information content (AvgIpc) is 2.85. The average molecular weight is 326 g/mol. The van der Waals surface area contributed by atoms with Gasteiger partial charge in [0.1, 0.15) is 0 Å². The van der Waals surface area contributed by atoms with Crippen LogP contribution in [0.2, 0.25) is 0 Å². The Morgan fingerprint density at radius 1 is 1.00 bits per heavy atom. The zero-order chi connectivity index (χ0) is 16.9. The highest BCUT2D eigenvalue weighted by Gasteiger charge is 2.17. The van der Waals surface area contributed by atoms with Crippen molar-refractivity contribution in [3.63, 3.8) is 0 Å². The van der Waals surface area contributed by atoms with Gasteiger partial charge in [0.15, 0.2) is 0 Å². The van der Waals surface area contributed by atoms with E-state index < -0.39 is 0 Å². The molecule has 3 heteroatoms. The molecule has 1 heterocycles. The van der Waals surface area contributed by atoms with Crippen LogP contribution in [0.3, 0.4) is 0 Å². The lowest BCUT2D eigenvalue weighted by Gasteiger charge is -2.18. The number of rotatable bonds is 5. The first-order valence-corrected chi connectivity index (χ1v) is 9.37. The van der Waals surface area contributed by atoms with Crippen molar-refractivity contribution >= 4 is 5.69 Å². The van der Waals surface area contributed by atoms with Gasteiger partial charge in [0, 0.05) is 23.6 Å². The van der Waals surface area contributed by atoms with Crippen molar-refractivity contribution < 1.29 is 0 Å². The number of benzene rings is 1. The van der Waals surface area contributed by atoms with Crippen molar-refractivity contribution in [2.45, 2.75) is 51.5 Å². The SMILES string of the molecule is CN(C)CCCn1c(-c2ccc(N)cc2)cc2c1CCCCCC2. The highest BCUT2D eigenvalue weighted by Crippen LogP contribution is 2.31. The van der Waals surface area contributed by atoms with E-state index in [1.165, 1.54) is 56.2 Å². The first-order chi connectivity index (χ1) is 11.6. The van der Waals surface area contributed by atoms with Crippen molar-refractivity contribution in [2.24, 2.45) is 0 Å². The molecule has 1 aliphatic carbocycles. The highest BCUT2D eigenvalue weighted by atomic mass is 15.1. The van der Waals surface area contributed by atoms with Gasteiger partial charge in [0.25, 0.3) is 0 Å². The maximum Gasteiger partial charge on any atom is 0.0485 e. The van der Waals surface area contributed by atoms with E-state index in [0.29, 0.717) is 0 Å². The van der Waals surface area contributed by atoms with E-state index in [1.54, 1.807) is 11.3 Å². The summed E-state index contributed by atoms with van der Waals surface area (Å²) in [4.78, 5) is 2.27. The Bertz CT molecular complexity index is 652. The zero-order valence-corrected chi connectivity index (χ0v) is 15.2. The molecule has 0 unspecified atom stereocenters. The van der Waals surface area contributed by atoms with Crippen LogP contribution in [0.25, 0.3) is 11.3 Å². The van der Waals surface area contributed by atoms with Gasteiger partial charge in [-0.15, -0.1) is 0 Å². The Kier molecular flexibility index (Phi) is 5.62. The molecule has 0 radical (unpaired) electrons. The predicted molar refractivity (Wildman–Crippen MR) is 103 cm³/mol. The van der Waals surface area contributed by atoms with Gasteiger partial charge < -0.3 is 15.2 Å². The number of anilines is 1. The molecule has 0 saturated carbocycles. The Balaban J connectivity index is 1.95. The standard InChI is InChI=1S/C21H31N3/c1-23(2)14-7-15-24-20-9-6-4-3-5-8-18(20)16-21(24)17-10-12-19(22)13-11-17/h10-13,16H,3-9,14-15,22H2,1-2H3. The van der Waals surface area contributed by atoms with E-state index in [0.717, 1.165) is 18.8 Å². The van der Waals surface area contributed by atoms with Crippen molar-refractivity contribution in [3.05, 3.63) is 41.6 Å². The van der Waals surface area contributed by atoms with Gasteiger partial charge in [0.05, 0.1) is 0 Å². The number of hydrogen-bond donors (Lipinski definition) is 1. The van der Waals surface area contributed by atoms with Gasteiger partial charge in [-0.1, -0.05) is 25.0 Å². The summed E-state index contributed by atoms with van der Waals surface area (Å²) in [6, 6.07) is 10.8. The Labute approximate surface area is 146 Å². The van der Waals surface area contributed by atoms with E-state index in [9.17, 15) is 0 Å². The minimum Gasteiger partial charge on any atom is -0.399 e. The van der Waals surface area contributed by atoms with Crippen LogP contribution in [0, 0.1) is 0 Å². The summed E-state index contributed by atoms with van der Waals surface area (Å²) in [6.45, 7) is 2.24. The smallest absolute Gasteiger partial charge is 0.0485 e. The molecule has 0 aliphatic heterocycles. The summed E-state index contributed by atoms with van der Waals surface area (Å²) in [5.41, 5.74) is 12.5. The van der Waals surface area contributed by atoms with Crippen molar-refractivity contribution in [1.29, 1.82) is 0 Å². The molecular formula is C21H31N3. The lowest BCUT2D eigenvalue weighted by molar-refractivity contribution is 0.385. The number of fused-ring (bicyclic) bond motifs is 1. The molecule has 0 amide bonds. The lowest BCUT2D eigenvalue weighted by atomic mass is 9.98. The third-order valence-corrected chi connectivity index (χ3v) is 5.10. The van der Waals surface area contributed by atoms with Crippen LogP contribution >= 0.6 is 0 Å². The molecule has 1 aliphatic rings. The zero-order valence-electron chi connectivity index (χ0n) is 15.2. The molecule has 0 saturated heterocycles. The van der Waals surface area contributed by atoms with Crippen molar-refractivity contribution in [2.75, 3.05) is 26.4 Å². The summed E-state index contributed by atoms with van der Waals surface area (Å²) < 4.78 is 2.59. The third-order valence-electron chi connectivity index (χ3n) is 5.10. The van der Waals surface area contributed by atoms with E-state index in [2.05, 4.69) is 41.8 Å². The summed E-state index contributed by atoms with van der Waals surface area (Å²) in [5, 5.41) is 0. The molecule has 3 rings (SSSR count). The fraction of sp³-hybridized carbons (Fsp3) is 0.524. The summed E-state index contributed by atoms with van der Waals surface area (Å²) in [7, 11) is 4.31. The molecule has 3 nitrogen and oxygen atoms in total. The molecule has 2 N–H and O–H groups in total. The van der Waals surface area contributed by atoms with E-state index in [4.69, 9.17) is 5.73 Å². The topological polar surface area (TPSA) is 34.2 Å². The normalized spacial score (nSPS) is 15.1. The second kappa shape index (κ2) is 7.89. The minimum absolute atomic E-state index is 0.836. The Hall–Kier alpha value is -1.74. The molecule has 24 heavy (non-hydrogen) atoms. The predicted octanol–water partition coefficient (Wildman–Crippen LogP) is 4.35. The van der Waals surface area contributed by atoms with Crippen LogP contribution < -0.4 is 5.73 Å². The number of nitrogens with two attached hydrogens (primary N) is 1. The maximum absolute atomic E-state index is 5.88. The molecule has 0 fully saturated rings. The second-order valence-corrected chi connectivity index (χ2v) is 7.35. The monoisotopic (exact) mass is 325 g/mol. The van der Waals surface area contributed by atoms with Gasteiger partial charge in [-0.05, 0) is 82.1 Å². The third kappa shape index (κ3) is 4.02. The van der Waals surface area contributed by atoms with Crippen molar-refractivity contribution in [1.82, 2.24) is 9.47 Å². The van der Waals surface area contributed by atoms with Gasteiger partial charge in [-0.3, -0.25) is 0 Å². The van der Waals surface area contributed by atoms with E-state index in [1.807, 2.05) is 12.1 Å². The molecule has 0 bridgehead atoms. The summed E-state index contributed by atoms with van der Waals surface area (Å²) >= 11 is 0. The van der Waals surface area contributed by atoms with Crippen LogP contribution in [0.5, 0.6) is 0 Å². The Morgan fingerprint density at radius 2 is 1.71 bits per heavy atom. The first kappa shape index (κ1) is 17.1. The quantitative estimate of drug-likeness (QED) is 0.829. The van der Waals surface area contributed by atoms with Crippen LogP contribution in [0.1, 0.15) is 43.4 Å². The molecule has 1 aromatic heterocycles. The number of aromatic nitrogens is 1. The van der Waals surface area contributed by atoms with Crippen molar-refractivity contribution in [3.8, 4) is 11.3 Å². The van der Waals surface area contributed by atoms with Gasteiger partial charge in [-0.2, -0.15) is 0 Å². The number of nitrogens with zero attached hydrogens (tertiary/aromatic N) is 2. The molecule has 1 aromatic carbocycles. The fourth-order valence-corrected chi connectivity index (χ4v) is 3.81. The van der Waals surface area contributed by atoms with Crippen LogP contribution in [-0.4, -0.2) is 30.1 Å². The lowest BCUT2D eigenvalue weighted by Crippen LogP contribution is -2.16. The van der Waals surface area contributed by atoms with Gasteiger partial charge in [0.2, 0.25) is 0 Å². The van der Waals surface area contributed by atoms with Gasteiger partial charge >= 0.3 is 0 Å². The number of hydrogen-bond acceptors (Lipinski definition) is 2. The summed E-state index contributed by atoms with van der Waals surface area (Å²) in [5.74, 6) is 0. The number of aryl methyl sites for hydroxylation is 1. The molecule has 130 valence electrons. The highest BCUT2D eigenvalue weighted by molar-refractivity contribution is 5.65. The van der Waals surface area contributed by atoms with Gasteiger partial charge in [-0.25, -0.2) is 0 Å². The molecule has 0 atom stereocenters. The van der Waals surface area contributed by atoms with E-state index in [-0.39, 0.29) is 0 Å². The molecular weight excluding hydrogens is 294 g/mol. The van der Waals surface area contributed by atoms with E-state index >= 15 is 0 Å². The van der Waals surface area contributed by atoms with Crippen LogP contribution in [-0.2, 0) is 19.4 Å². The fourth-order valence-electron chi connectivity index (χ4n) is 3.81.